The number of aromatic nitrogens is 1. The normalized spacial score (nSPS) is 10.6. The van der Waals surface area contributed by atoms with Gasteiger partial charge in [-0.05, 0) is 44.4 Å². The monoisotopic (exact) mass is 373 g/mol. The predicted octanol–water partition coefficient (Wildman–Crippen LogP) is 3.05. The highest BCUT2D eigenvalue weighted by molar-refractivity contribution is 5.99. The van der Waals surface area contributed by atoms with Crippen molar-refractivity contribution in [3.8, 4) is 0 Å². The average molecular weight is 373 g/mol. The van der Waals surface area contributed by atoms with Gasteiger partial charge in [-0.15, -0.1) is 0 Å². The molecular weight excluding hydrogens is 346 g/mol. The first-order valence-corrected chi connectivity index (χ1v) is 9.22. The van der Waals surface area contributed by atoms with Crippen LogP contribution in [0.4, 0.5) is 5.82 Å². The Kier molecular flexibility index (Phi) is 8.00. The molecule has 2 rings (SSSR count). The zero-order chi connectivity index (χ0) is 19.6. The molecule has 0 spiro atoms. The van der Waals surface area contributed by atoms with Crippen LogP contribution in [0.3, 0.4) is 0 Å². The molecule has 1 aromatic heterocycles. The van der Waals surface area contributed by atoms with Gasteiger partial charge < -0.3 is 19.5 Å². The Labute approximate surface area is 159 Å². The number of rotatable bonds is 10. The van der Waals surface area contributed by atoms with Gasteiger partial charge in [-0.2, -0.15) is 0 Å². The minimum absolute atomic E-state index is 0.0631. The Bertz CT molecular complexity index is 740. The minimum Gasteiger partial charge on any atom is -0.382 e. The zero-order valence-electron chi connectivity index (χ0n) is 16.2. The number of anilines is 1. The van der Waals surface area contributed by atoms with E-state index in [1.54, 1.807) is 25.1 Å². The van der Waals surface area contributed by atoms with Crippen LogP contribution in [0.2, 0.25) is 0 Å². The number of carbonyl (C=O) groups is 2. The molecular formula is C20H27N3O4. The van der Waals surface area contributed by atoms with E-state index in [0.717, 1.165) is 12.0 Å². The maximum atomic E-state index is 12.9. The standard InChI is InChI=1S/C20H27N3O4/c1-4-16-7-9-17(10-8-16)20(25)23(11-6-12-26-5-2)14-19(24)21-18-13-15(3)27-22-18/h7-10,13H,4-6,11-12,14H2,1-3H3,(H,21,22,24). The lowest BCUT2D eigenvalue weighted by atomic mass is 10.1. The first kappa shape index (κ1) is 20.6. The number of nitrogens with zero attached hydrogens (tertiary/aromatic N) is 2. The summed E-state index contributed by atoms with van der Waals surface area (Å²) >= 11 is 0. The van der Waals surface area contributed by atoms with E-state index in [9.17, 15) is 9.59 Å². The zero-order valence-corrected chi connectivity index (χ0v) is 16.2. The van der Waals surface area contributed by atoms with Crippen LogP contribution in [-0.2, 0) is 16.0 Å². The molecule has 0 radical (unpaired) electrons. The van der Waals surface area contributed by atoms with Crippen molar-refractivity contribution in [2.75, 3.05) is 31.6 Å². The van der Waals surface area contributed by atoms with Crippen molar-refractivity contribution >= 4 is 17.6 Å². The van der Waals surface area contributed by atoms with Gasteiger partial charge in [-0.25, -0.2) is 0 Å². The van der Waals surface area contributed by atoms with Crippen molar-refractivity contribution in [3.05, 3.63) is 47.2 Å². The van der Waals surface area contributed by atoms with Gasteiger partial charge in [0.05, 0.1) is 0 Å². The van der Waals surface area contributed by atoms with E-state index in [1.807, 2.05) is 19.1 Å². The largest absolute Gasteiger partial charge is 0.382 e. The summed E-state index contributed by atoms with van der Waals surface area (Å²) in [6.07, 6.45) is 1.56. The third-order valence-electron chi connectivity index (χ3n) is 4.05. The van der Waals surface area contributed by atoms with Crippen molar-refractivity contribution in [2.24, 2.45) is 0 Å². The highest BCUT2D eigenvalue weighted by Crippen LogP contribution is 2.11. The van der Waals surface area contributed by atoms with E-state index in [1.165, 1.54) is 4.90 Å². The number of hydrogen-bond donors (Lipinski definition) is 1. The molecule has 0 aliphatic carbocycles. The quantitative estimate of drug-likeness (QED) is 0.647. The molecule has 27 heavy (non-hydrogen) atoms. The number of amides is 2. The summed E-state index contributed by atoms with van der Waals surface area (Å²) in [7, 11) is 0. The Hall–Kier alpha value is -2.67. The van der Waals surface area contributed by atoms with Crippen LogP contribution < -0.4 is 5.32 Å². The van der Waals surface area contributed by atoms with Gasteiger partial charge >= 0.3 is 0 Å². The second-order valence-corrected chi connectivity index (χ2v) is 6.20. The lowest BCUT2D eigenvalue weighted by molar-refractivity contribution is -0.117. The number of hydrogen-bond acceptors (Lipinski definition) is 5. The number of aryl methyl sites for hydroxylation is 2. The van der Waals surface area contributed by atoms with Crippen molar-refractivity contribution in [1.82, 2.24) is 10.1 Å². The lowest BCUT2D eigenvalue weighted by Gasteiger charge is -2.22. The molecule has 0 aliphatic heterocycles. The SMILES string of the molecule is CCOCCCN(CC(=O)Nc1cc(C)on1)C(=O)c1ccc(CC)cc1. The van der Waals surface area contributed by atoms with Crippen LogP contribution in [0.15, 0.2) is 34.9 Å². The molecule has 0 bridgehead atoms. The summed E-state index contributed by atoms with van der Waals surface area (Å²) in [5.74, 6) is 0.441. The van der Waals surface area contributed by atoms with E-state index in [-0.39, 0.29) is 18.4 Å². The van der Waals surface area contributed by atoms with Gasteiger partial charge in [-0.3, -0.25) is 9.59 Å². The van der Waals surface area contributed by atoms with Crippen LogP contribution in [0.5, 0.6) is 0 Å². The summed E-state index contributed by atoms with van der Waals surface area (Å²) in [6.45, 7) is 7.26. The van der Waals surface area contributed by atoms with Gasteiger partial charge in [0.2, 0.25) is 5.91 Å². The van der Waals surface area contributed by atoms with E-state index >= 15 is 0 Å². The fraction of sp³-hybridized carbons (Fsp3) is 0.450. The van der Waals surface area contributed by atoms with Crippen molar-refractivity contribution < 1.29 is 18.8 Å². The number of carbonyl (C=O) groups excluding carboxylic acids is 2. The van der Waals surface area contributed by atoms with E-state index in [4.69, 9.17) is 9.26 Å². The second-order valence-electron chi connectivity index (χ2n) is 6.20. The molecule has 2 aromatic rings. The van der Waals surface area contributed by atoms with Crippen LogP contribution >= 0.6 is 0 Å². The molecule has 0 fully saturated rings. The molecule has 0 atom stereocenters. The predicted molar refractivity (Wildman–Crippen MR) is 103 cm³/mol. The average Bonchev–Trinajstić information content (AvgIpc) is 3.08. The van der Waals surface area contributed by atoms with Gasteiger partial charge in [0.25, 0.3) is 5.91 Å². The Morgan fingerprint density at radius 2 is 1.96 bits per heavy atom. The van der Waals surface area contributed by atoms with E-state index < -0.39 is 0 Å². The Balaban J connectivity index is 2.03. The molecule has 1 heterocycles. The van der Waals surface area contributed by atoms with Crippen LogP contribution in [0.1, 0.15) is 41.9 Å². The summed E-state index contributed by atoms with van der Waals surface area (Å²) < 4.78 is 10.3. The topological polar surface area (TPSA) is 84.7 Å². The van der Waals surface area contributed by atoms with Crippen LogP contribution in [0, 0.1) is 6.92 Å². The third-order valence-corrected chi connectivity index (χ3v) is 4.05. The maximum absolute atomic E-state index is 12.9. The summed E-state index contributed by atoms with van der Waals surface area (Å²) in [6, 6.07) is 9.10. The maximum Gasteiger partial charge on any atom is 0.254 e. The molecule has 0 unspecified atom stereocenters. The highest BCUT2D eigenvalue weighted by Gasteiger charge is 2.19. The van der Waals surface area contributed by atoms with Gasteiger partial charge in [0.1, 0.15) is 12.3 Å². The Morgan fingerprint density at radius 1 is 1.22 bits per heavy atom. The number of benzene rings is 1. The Morgan fingerprint density at radius 3 is 2.56 bits per heavy atom. The lowest BCUT2D eigenvalue weighted by Crippen LogP contribution is -2.39. The molecule has 0 saturated heterocycles. The van der Waals surface area contributed by atoms with Crippen LogP contribution in [0.25, 0.3) is 0 Å². The molecule has 0 saturated carbocycles. The fourth-order valence-electron chi connectivity index (χ4n) is 2.60. The van der Waals surface area contributed by atoms with Gasteiger partial charge in [0.15, 0.2) is 5.82 Å². The van der Waals surface area contributed by atoms with E-state index in [2.05, 4.69) is 17.4 Å². The van der Waals surface area contributed by atoms with Crippen LogP contribution in [-0.4, -0.2) is 48.2 Å². The molecule has 1 N–H and O–H groups in total. The molecule has 7 heteroatoms. The van der Waals surface area contributed by atoms with Crippen molar-refractivity contribution in [2.45, 2.75) is 33.6 Å². The fourth-order valence-corrected chi connectivity index (χ4v) is 2.60. The van der Waals surface area contributed by atoms with E-state index in [0.29, 0.717) is 43.3 Å². The molecule has 146 valence electrons. The third kappa shape index (κ3) is 6.53. The molecule has 1 aromatic carbocycles. The summed E-state index contributed by atoms with van der Waals surface area (Å²) in [5, 5.41) is 6.39. The number of nitrogens with one attached hydrogen (secondary N) is 1. The highest BCUT2D eigenvalue weighted by atomic mass is 16.5. The molecule has 2 amide bonds. The minimum atomic E-state index is -0.321. The molecule has 0 aliphatic rings. The first-order valence-electron chi connectivity index (χ1n) is 9.22. The second kappa shape index (κ2) is 10.5. The summed E-state index contributed by atoms with van der Waals surface area (Å²) in [5.41, 5.74) is 1.72. The first-order chi connectivity index (χ1) is 13.0. The summed E-state index contributed by atoms with van der Waals surface area (Å²) in [4.78, 5) is 26.7. The smallest absolute Gasteiger partial charge is 0.254 e. The van der Waals surface area contributed by atoms with Gasteiger partial charge in [-0.1, -0.05) is 24.2 Å². The van der Waals surface area contributed by atoms with Crippen molar-refractivity contribution in [3.63, 3.8) is 0 Å². The molecule has 7 nitrogen and oxygen atoms in total. The number of ether oxygens (including phenoxy) is 1. The van der Waals surface area contributed by atoms with Crippen molar-refractivity contribution in [1.29, 1.82) is 0 Å². The van der Waals surface area contributed by atoms with Gasteiger partial charge in [0, 0.05) is 31.4 Å².